The predicted octanol–water partition coefficient (Wildman–Crippen LogP) is 3.10. The number of aromatic hydroxyl groups is 1. The Labute approximate surface area is 173 Å². The average molecular weight is 460 g/mol. The fourth-order valence-electron chi connectivity index (χ4n) is 2.74. The number of halogens is 1. The summed E-state index contributed by atoms with van der Waals surface area (Å²) in [5.74, 6) is 0.551. The predicted molar refractivity (Wildman–Crippen MR) is 114 cm³/mol. The van der Waals surface area contributed by atoms with Gasteiger partial charge in [0.1, 0.15) is 16.3 Å². The van der Waals surface area contributed by atoms with Crippen LogP contribution in [-0.2, 0) is 10.0 Å². The molecular weight excluding hydrogens is 440 g/mol. The largest absolute Gasteiger partial charge is 0.507 e. The van der Waals surface area contributed by atoms with Crippen LogP contribution in [0.4, 0.5) is 5.69 Å². The smallest absolute Gasteiger partial charge is 0.328 e. The molecule has 0 heterocycles. The third-order valence-electron chi connectivity index (χ3n) is 4.18. The number of phenolic OH excluding ortho intramolecular Hbond substituents is 1. The van der Waals surface area contributed by atoms with Gasteiger partial charge in [-0.3, -0.25) is 0 Å². The molecule has 3 N–H and O–H groups in total. The number of nitrogens with one attached hydrogen (secondary N) is 2. The molecule has 0 atom stereocenters. The average Bonchev–Trinajstić information content (AvgIpc) is 2.66. The van der Waals surface area contributed by atoms with Crippen LogP contribution in [0.3, 0.4) is 0 Å². The monoisotopic (exact) mass is 459 g/mol. The third kappa shape index (κ3) is 4.61. The third-order valence-corrected chi connectivity index (χ3v) is 6.08. The Hall–Kier alpha value is -2.64. The first kappa shape index (κ1) is 20.1. The van der Waals surface area contributed by atoms with E-state index in [1.807, 2.05) is 30.3 Å². The highest BCUT2D eigenvalue weighted by Crippen LogP contribution is 2.25. The molecule has 0 aliphatic heterocycles. The van der Waals surface area contributed by atoms with E-state index in [-0.39, 0.29) is 10.6 Å². The summed E-state index contributed by atoms with van der Waals surface area (Å²) in [6.07, 6.45) is 0. The standard InChI is InChI=1S/C21H19BrN2O3S/c1-14-12-18(13-15(2)20(14)25)23-21(16-6-4-3-5-7-16)24-28(26,27)19-10-8-17(22)9-11-19/h3-13,25H,1-2H3,(H,23,24)/p+1. The summed E-state index contributed by atoms with van der Waals surface area (Å²) in [4.78, 5) is 0.156. The van der Waals surface area contributed by atoms with Crippen molar-refractivity contribution >= 4 is 37.5 Å². The number of hydrogen-bond donors (Lipinski definition) is 3. The van der Waals surface area contributed by atoms with E-state index in [1.54, 1.807) is 38.1 Å². The number of aryl methyl sites for hydroxylation is 2. The maximum atomic E-state index is 12.9. The summed E-state index contributed by atoms with van der Waals surface area (Å²) in [6.45, 7) is 3.59. The number of phenols is 1. The van der Waals surface area contributed by atoms with Gasteiger partial charge in [0.15, 0.2) is 0 Å². The van der Waals surface area contributed by atoms with Gasteiger partial charge >= 0.3 is 10.0 Å². The van der Waals surface area contributed by atoms with Gasteiger partial charge in [0.05, 0.1) is 5.56 Å². The van der Waals surface area contributed by atoms with Crippen molar-refractivity contribution in [1.29, 1.82) is 0 Å². The lowest BCUT2D eigenvalue weighted by atomic mass is 10.1. The van der Waals surface area contributed by atoms with E-state index in [0.29, 0.717) is 28.2 Å². The maximum Gasteiger partial charge on any atom is 0.328 e. The molecule has 3 rings (SSSR count). The summed E-state index contributed by atoms with van der Waals surface area (Å²) in [6, 6.07) is 19.1. The summed E-state index contributed by atoms with van der Waals surface area (Å²) in [7, 11) is -3.79. The molecule has 28 heavy (non-hydrogen) atoms. The molecule has 3 aromatic carbocycles. The van der Waals surface area contributed by atoms with Crippen molar-refractivity contribution in [3.8, 4) is 5.75 Å². The summed E-state index contributed by atoms with van der Waals surface area (Å²) < 4.78 is 29.2. The number of amidine groups is 1. The Morgan fingerprint density at radius 3 is 2.11 bits per heavy atom. The highest BCUT2D eigenvalue weighted by atomic mass is 79.9. The Morgan fingerprint density at radius 2 is 1.54 bits per heavy atom. The van der Waals surface area contributed by atoms with Crippen molar-refractivity contribution in [1.82, 2.24) is 0 Å². The molecule has 0 aliphatic rings. The van der Waals surface area contributed by atoms with Crippen LogP contribution in [0.5, 0.6) is 5.75 Å². The minimum atomic E-state index is -3.79. The Balaban J connectivity index is 2.07. The minimum Gasteiger partial charge on any atom is -0.507 e. The molecule has 0 bridgehead atoms. The van der Waals surface area contributed by atoms with Crippen molar-refractivity contribution in [3.63, 3.8) is 0 Å². The lowest BCUT2D eigenvalue weighted by Crippen LogP contribution is -2.78. The Kier molecular flexibility index (Phi) is 5.86. The normalized spacial score (nSPS) is 12.0. The van der Waals surface area contributed by atoms with Gasteiger partial charge in [-0.2, -0.15) is 12.8 Å². The topological polar surface area (TPSA) is 80.4 Å². The van der Waals surface area contributed by atoms with Gasteiger partial charge in [-0.25, -0.2) is 5.32 Å². The van der Waals surface area contributed by atoms with Crippen LogP contribution in [0.2, 0.25) is 0 Å². The molecule has 0 fully saturated rings. The van der Waals surface area contributed by atoms with Gasteiger partial charge in [0, 0.05) is 4.47 Å². The van der Waals surface area contributed by atoms with E-state index in [4.69, 9.17) is 0 Å². The van der Waals surface area contributed by atoms with Gasteiger partial charge in [-0.1, -0.05) is 34.1 Å². The SMILES string of the molecule is Cc1cc(NC(=[NH+]S(=O)(=O)c2ccc(Br)cc2)c2ccccc2)cc(C)c1O. The van der Waals surface area contributed by atoms with Crippen molar-refractivity contribution in [3.05, 3.63) is 87.9 Å². The second-order valence-corrected chi connectivity index (χ2v) is 8.98. The van der Waals surface area contributed by atoms with Crippen LogP contribution >= 0.6 is 15.9 Å². The van der Waals surface area contributed by atoms with Crippen molar-refractivity contribution in [2.75, 3.05) is 5.32 Å². The molecule has 0 unspecified atom stereocenters. The van der Waals surface area contributed by atoms with E-state index < -0.39 is 10.0 Å². The highest BCUT2D eigenvalue weighted by Gasteiger charge is 2.21. The molecule has 5 nitrogen and oxygen atoms in total. The minimum absolute atomic E-state index is 0.156. The van der Waals surface area contributed by atoms with Crippen molar-refractivity contribution in [2.24, 2.45) is 0 Å². The number of hydrogen-bond acceptors (Lipinski definition) is 3. The molecule has 3 aromatic rings. The maximum absolute atomic E-state index is 12.9. The lowest BCUT2D eigenvalue weighted by Gasteiger charge is -2.08. The van der Waals surface area contributed by atoms with Crippen LogP contribution in [0.1, 0.15) is 16.7 Å². The number of rotatable bonds is 4. The van der Waals surface area contributed by atoms with Crippen molar-refractivity contribution in [2.45, 2.75) is 18.7 Å². The van der Waals surface area contributed by atoms with E-state index in [0.717, 1.165) is 4.47 Å². The summed E-state index contributed by atoms with van der Waals surface area (Å²) in [5, 5.41) is 13.1. The van der Waals surface area contributed by atoms with E-state index >= 15 is 0 Å². The second kappa shape index (κ2) is 8.16. The first-order valence-corrected chi connectivity index (χ1v) is 10.8. The van der Waals surface area contributed by atoms with Crippen LogP contribution in [-0.4, -0.2) is 19.4 Å². The molecular formula is C21H20BrN2O3S+. The van der Waals surface area contributed by atoms with Gasteiger partial charge in [-0.05, 0) is 73.5 Å². The Morgan fingerprint density at radius 1 is 0.964 bits per heavy atom. The van der Waals surface area contributed by atoms with Gasteiger partial charge in [0.25, 0.3) is 5.84 Å². The van der Waals surface area contributed by atoms with Crippen LogP contribution in [0.25, 0.3) is 0 Å². The lowest BCUT2D eigenvalue weighted by molar-refractivity contribution is -0.266. The van der Waals surface area contributed by atoms with Gasteiger partial charge in [0.2, 0.25) is 0 Å². The molecule has 0 aliphatic carbocycles. The molecule has 0 radical (unpaired) electrons. The zero-order chi connectivity index (χ0) is 20.3. The highest BCUT2D eigenvalue weighted by molar-refractivity contribution is 9.10. The summed E-state index contributed by atoms with van der Waals surface area (Å²) >= 11 is 3.31. The zero-order valence-corrected chi connectivity index (χ0v) is 17.8. The molecule has 7 heteroatoms. The number of anilines is 1. The van der Waals surface area contributed by atoms with E-state index in [9.17, 15) is 13.5 Å². The van der Waals surface area contributed by atoms with E-state index in [2.05, 4.69) is 25.6 Å². The fourth-order valence-corrected chi connectivity index (χ4v) is 4.06. The zero-order valence-electron chi connectivity index (χ0n) is 15.4. The van der Waals surface area contributed by atoms with Gasteiger partial charge < -0.3 is 5.11 Å². The fraction of sp³-hybridized carbons (Fsp3) is 0.0952. The van der Waals surface area contributed by atoms with Crippen LogP contribution < -0.4 is 9.71 Å². The Bertz CT molecular complexity index is 1100. The van der Waals surface area contributed by atoms with Crippen LogP contribution in [0.15, 0.2) is 76.1 Å². The summed E-state index contributed by atoms with van der Waals surface area (Å²) in [5.41, 5.74) is 2.76. The quantitative estimate of drug-likeness (QED) is 0.318. The van der Waals surface area contributed by atoms with Crippen LogP contribution in [0, 0.1) is 13.8 Å². The van der Waals surface area contributed by atoms with Gasteiger partial charge in [-0.15, -0.1) is 0 Å². The first-order chi connectivity index (χ1) is 13.3. The molecule has 0 spiro atoms. The molecule has 144 valence electrons. The molecule has 0 saturated carbocycles. The first-order valence-electron chi connectivity index (χ1n) is 8.54. The second-order valence-electron chi connectivity index (χ2n) is 6.38. The molecule has 0 aromatic heterocycles. The molecule has 0 saturated heterocycles. The van der Waals surface area contributed by atoms with Crippen molar-refractivity contribution < 1.29 is 17.9 Å². The number of sulfonamides is 1. The van der Waals surface area contributed by atoms with E-state index in [1.165, 1.54) is 12.1 Å². The number of benzene rings is 3. The molecule has 0 amide bonds.